The van der Waals surface area contributed by atoms with Crippen molar-refractivity contribution in [3.8, 4) is 0 Å². The van der Waals surface area contributed by atoms with Gasteiger partial charge in [-0.05, 0) is 37.0 Å². The van der Waals surface area contributed by atoms with E-state index >= 15 is 0 Å². The highest BCUT2D eigenvalue weighted by atomic mass is 35.5. The molecule has 0 bridgehead atoms. The maximum Gasteiger partial charge on any atom is 0.0366 e. The highest BCUT2D eigenvalue weighted by Gasteiger charge is 2.34. The lowest BCUT2D eigenvalue weighted by molar-refractivity contribution is 0.208. The first-order chi connectivity index (χ1) is 6.27. The smallest absolute Gasteiger partial charge is 0.0366 e. The van der Waals surface area contributed by atoms with Crippen LogP contribution in [0.3, 0.4) is 0 Å². The van der Waals surface area contributed by atoms with Crippen LogP contribution in [0.25, 0.3) is 0 Å². The highest BCUT2D eigenvalue weighted by molar-refractivity contribution is 6.20. The summed E-state index contributed by atoms with van der Waals surface area (Å²) in [6.07, 6.45) is 9.88. The lowest BCUT2D eigenvalue weighted by atomic mass is 9.75. The summed E-state index contributed by atoms with van der Waals surface area (Å²) in [6.45, 7) is 2.41. The van der Waals surface area contributed by atoms with E-state index in [1.54, 1.807) is 0 Å². The fraction of sp³-hybridized carbons (Fsp3) is 1.00. The van der Waals surface area contributed by atoms with Crippen molar-refractivity contribution in [2.75, 3.05) is 0 Å². The van der Waals surface area contributed by atoms with Gasteiger partial charge < -0.3 is 0 Å². The van der Waals surface area contributed by atoms with Crippen LogP contribution >= 0.6 is 11.6 Å². The van der Waals surface area contributed by atoms with E-state index in [0.29, 0.717) is 5.38 Å². The van der Waals surface area contributed by atoms with Crippen LogP contribution in [0.15, 0.2) is 0 Å². The van der Waals surface area contributed by atoms with Crippen LogP contribution < -0.4 is 0 Å². The van der Waals surface area contributed by atoms with Crippen LogP contribution in [0, 0.1) is 17.8 Å². The summed E-state index contributed by atoms with van der Waals surface area (Å²) < 4.78 is 0. The van der Waals surface area contributed by atoms with E-state index in [0.717, 1.165) is 17.8 Å². The van der Waals surface area contributed by atoms with Gasteiger partial charge in [0, 0.05) is 5.38 Å². The van der Waals surface area contributed by atoms with E-state index in [2.05, 4.69) is 6.92 Å². The van der Waals surface area contributed by atoms with Gasteiger partial charge in [0.2, 0.25) is 0 Å². The van der Waals surface area contributed by atoms with Gasteiger partial charge in [-0.15, -0.1) is 11.6 Å². The molecule has 1 heteroatoms. The zero-order valence-corrected chi connectivity index (χ0v) is 9.39. The highest BCUT2D eigenvalue weighted by Crippen LogP contribution is 2.43. The predicted molar refractivity (Wildman–Crippen MR) is 58.1 cm³/mol. The third kappa shape index (κ3) is 2.21. The minimum atomic E-state index is 0.510. The molecule has 2 saturated carbocycles. The molecular formula is C12H21Cl. The Morgan fingerprint density at radius 2 is 1.77 bits per heavy atom. The molecule has 2 aliphatic rings. The van der Waals surface area contributed by atoms with E-state index in [1.165, 1.54) is 44.9 Å². The molecule has 0 nitrogen and oxygen atoms in total. The first-order valence-electron chi connectivity index (χ1n) is 5.91. The quantitative estimate of drug-likeness (QED) is 0.556. The van der Waals surface area contributed by atoms with Gasteiger partial charge in [-0.2, -0.15) is 0 Å². The Balaban J connectivity index is 1.91. The molecule has 0 radical (unpaired) electrons. The van der Waals surface area contributed by atoms with Crippen molar-refractivity contribution >= 4 is 11.6 Å². The van der Waals surface area contributed by atoms with E-state index in [9.17, 15) is 0 Å². The average molecular weight is 201 g/mol. The fourth-order valence-corrected chi connectivity index (χ4v) is 3.83. The Morgan fingerprint density at radius 3 is 2.38 bits per heavy atom. The molecule has 2 fully saturated rings. The van der Waals surface area contributed by atoms with Gasteiger partial charge in [0.25, 0.3) is 0 Å². The molecule has 0 spiro atoms. The third-order valence-corrected chi connectivity index (χ3v) is 4.61. The van der Waals surface area contributed by atoms with Crippen molar-refractivity contribution in [3.05, 3.63) is 0 Å². The molecule has 0 aromatic rings. The average Bonchev–Trinajstić information content (AvgIpc) is 2.51. The molecule has 0 N–H and O–H groups in total. The second kappa shape index (κ2) is 4.21. The van der Waals surface area contributed by atoms with Gasteiger partial charge in [-0.25, -0.2) is 0 Å². The molecule has 0 saturated heterocycles. The molecule has 0 aromatic carbocycles. The molecule has 4 atom stereocenters. The standard InChI is InChI=1S/C12H21Cl/c1-9-4-2-5-10(8-9)11-6-3-7-12(11)13/h9-12H,2-8H2,1H3. The van der Waals surface area contributed by atoms with Gasteiger partial charge in [-0.1, -0.05) is 32.6 Å². The minimum Gasteiger partial charge on any atom is -0.123 e. The summed E-state index contributed by atoms with van der Waals surface area (Å²) >= 11 is 6.36. The normalized spacial score (nSPS) is 46.6. The second-order valence-corrected chi connectivity index (χ2v) is 5.70. The molecule has 2 rings (SSSR count). The monoisotopic (exact) mass is 200 g/mol. The Labute approximate surface area is 87.0 Å². The molecule has 76 valence electrons. The van der Waals surface area contributed by atoms with Gasteiger partial charge in [0.05, 0.1) is 0 Å². The number of alkyl halides is 1. The lowest BCUT2D eigenvalue weighted by Crippen LogP contribution is -2.24. The fourth-order valence-electron chi connectivity index (χ4n) is 3.34. The molecule has 0 aliphatic heterocycles. The topological polar surface area (TPSA) is 0 Å². The molecule has 0 heterocycles. The van der Waals surface area contributed by atoms with Crippen LogP contribution in [-0.2, 0) is 0 Å². The van der Waals surface area contributed by atoms with Crippen molar-refractivity contribution in [3.63, 3.8) is 0 Å². The predicted octanol–water partition coefficient (Wildman–Crippen LogP) is 4.22. The van der Waals surface area contributed by atoms with Gasteiger partial charge in [0.1, 0.15) is 0 Å². The summed E-state index contributed by atoms with van der Waals surface area (Å²) in [5, 5.41) is 0.510. The zero-order chi connectivity index (χ0) is 9.26. The summed E-state index contributed by atoms with van der Waals surface area (Å²) in [4.78, 5) is 0. The molecule has 2 aliphatic carbocycles. The maximum atomic E-state index is 6.36. The van der Waals surface area contributed by atoms with Crippen molar-refractivity contribution < 1.29 is 0 Å². The number of hydrogen-bond donors (Lipinski definition) is 0. The van der Waals surface area contributed by atoms with E-state index < -0.39 is 0 Å². The SMILES string of the molecule is CC1CCCC(C2CCCC2Cl)C1. The van der Waals surface area contributed by atoms with Crippen LogP contribution in [0.2, 0.25) is 0 Å². The third-order valence-electron chi connectivity index (χ3n) is 4.06. The molecule has 13 heavy (non-hydrogen) atoms. The van der Waals surface area contributed by atoms with Crippen LogP contribution in [0.5, 0.6) is 0 Å². The Kier molecular flexibility index (Phi) is 3.18. The second-order valence-electron chi connectivity index (χ2n) is 5.14. The summed E-state index contributed by atoms with van der Waals surface area (Å²) in [5.74, 6) is 2.79. The maximum absolute atomic E-state index is 6.36. The number of rotatable bonds is 1. The van der Waals surface area contributed by atoms with E-state index in [-0.39, 0.29) is 0 Å². The zero-order valence-electron chi connectivity index (χ0n) is 8.64. The minimum absolute atomic E-state index is 0.510. The van der Waals surface area contributed by atoms with Crippen LogP contribution in [0.4, 0.5) is 0 Å². The van der Waals surface area contributed by atoms with Crippen molar-refractivity contribution in [2.45, 2.75) is 57.2 Å². The van der Waals surface area contributed by atoms with Crippen molar-refractivity contribution in [1.82, 2.24) is 0 Å². The Morgan fingerprint density at radius 1 is 1.00 bits per heavy atom. The molecule has 4 unspecified atom stereocenters. The van der Waals surface area contributed by atoms with Crippen LogP contribution in [-0.4, -0.2) is 5.38 Å². The number of halogens is 1. The lowest BCUT2D eigenvalue weighted by Gasteiger charge is -2.32. The van der Waals surface area contributed by atoms with E-state index in [4.69, 9.17) is 11.6 Å². The molecule has 0 amide bonds. The van der Waals surface area contributed by atoms with Gasteiger partial charge in [0.15, 0.2) is 0 Å². The Bertz CT molecular complexity index is 167. The summed E-state index contributed by atoms with van der Waals surface area (Å²) in [5.41, 5.74) is 0. The summed E-state index contributed by atoms with van der Waals surface area (Å²) in [7, 11) is 0. The molecular weight excluding hydrogens is 180 g/mol. The van der Waals surface area contributed by atoms with Crippen molar-refractivity contribution in [1.29, 1.82) is 0 Å². The Hall–Kier alpha value is 0.290. The summed E-state index contributed by atoms with van der Waals surface area (Å²) in [6, 6.07) is 0. The van der Waals surface area contributed by atoms with Crippen LogP contribution in [0.1, 0.15) is 51.9 Å². The molecule has 0 aromatic heterocycles. The van der Waals surface area contributed by atoms with Crippen molar-refractivity contribution in [2.24, 2.45) is 17.8 Å². The number of hydrogen-bond acceptors (Lipinski definition) is 0. The largest absolute Gasteiger partial charge is 0.123 e. The van der Waals surface area contributed by atoms with Gasteiger partial charge in [-0.3, -0.25) is 0 Å². The first kappa shape index (κ1) is 9.83. The van der Waals surface area contributed by atoms with E-state index in [1.807, 2.05) is 0 Å². The van der Waals surface area contributed by atoms with Gasteiger partial charge >= 0.3 is 0 Å². The first-order valence-corrected chi connectivity index (χ1v) is 6.35.